The van der Waals surface area contributed by atoms with Gasteiger partial charge in [-0.15, -0.1) is 11.3 Å². The first-order chi connectivity index (χ1) is 7.66. The Morgan fingerprint density at radius 1 is 1.25 bits per heavy atom. The van der Waals surface area contributed by atoms with E-state index in [0.717, 1.165) is 14.9 Å². The molecule has 0 saturated carbocycles. The first-order valence-electron chi connectivity index (χ1n) is 4.92. The highest BCUT2D eigenvalue weighted by molar-refractivity contribution is 9.10. The Morgan fingerprint density at radius 2 is 1.94 bits per heavy atom. The van der Waals surface area contributed by atoms with Crippen molar-refractivity contribution in [1.29, 1.82) is 0 Å². The second-order valence-electron chi connectivity index (χ2n) is 3.58. The molecule has 0 amide bonds. The minimum Gasteiger partial charge on any atom is -0.399 e. The van der Waals surface area contributed by atoms with Crippen LogP contribution in [0.5, 0.6) is 0 Å². The fourth-order valence-electron chi connectivity index (χ4n) is 1.48. The predicted molar refractivity (Wildman–Crippen MR) is 71.5 cm³/mol. The molecule has 1 unspecified atom stereocenters. The van der Waals surface area contributed by atoms with Gasteiger partial charge in [-0.1, -0.05) is 12.1 Å². The van der Waals surface area contributed by atoms with Gasteiger partial charge in [0.05, 0.1) is 6.10 Å². The lowest BCUT2D eigenvalue weighted by molar-refractivity contribution is 0.179. The molecule has 1 atom stereocenters. The Hall–Kier alpha value is -0.840. The molecule has 0 bridgehead atoms. The molecule has 1 heterocycles. The number of halogens is 1. The highest BCUT2D eigenvalue weighted by Crippen LogP contribution is 2.28. The lowest BCUT2D eigenvalue weighted by Crippen LogP contribution is -2.01. The van der Waals surface area contributed by atoms with Crippen LogP contribution in [0.1, 0.15) is 16.5 Å². The van der Waals surface area contributed by atoms with Crippen molar-refractivity contribution in [2.45, 2.75) is 12.5 Å². The van der Waals surface area contributed by atoms with Crippen LogP contribution in [0.3, 0.4) is 0 Å². The molecule has 3 N–H and O–H groups in total. The molecule has 0 aliphatic carbocycles. The Balaban J connectivity index is 2.11. The van der Waals surface area contributed by atoms with E-state index in [1.165, 1.54) is 0 Å². The van der Waals surface area contributed by atoms with E-state index in [1.807, 2.05) is 35.7 Å². The molecule has 2 rings (SSSR count). The van der Waals surface area contributed by atoms with E-state index in [4.69, 9.17) is 5.73 Å². The van der Waals surface area contributed by atoms with Crippen LogP contribution < -0.4 is 5.73 Å². The van der Waals surface area contributed by atoms with Gasteiger partial charge in [-0.25, -0.2) is 0 Å². The van der Waals surface area contributed by atoms with Crippen LogP contribution in [0.4, 0.5) is 5.69 Å². The van der Waals surface area contributed by atoms with Crippen LogP contribution >= 0.6 is 27.3 Å². The summed E-state index contributed by atoms with van der Waals surface area (Å²) in [7, 11) is 0. The second-order valence-corrected chi connectivity index (χ2v) is 5.43. The average Bonchev–Trinajstić information content (AvgIpc) is 2.65. The minimum absolute atomic E-state index is 0.476. The number of hydrogen-bond donors (Lipinski definition) is 2. The van der Waals surface area contributed by atoms with Crippen molar-refractivity contribution in [2.24, 2.45) is 0 Å². The Bertz CT molecular complexity index is 466. The number of nitrogen functional groups attached to an aromatic ring is 1. The first kappa shape index (κ1) is 11.6. The van der Waals surface area contributed by atoms with Crippen LogP contribution in [0.15, 0.2) is 40.2 Å². The Labute approximate surface area is 107 Å². The molecular formula is C12H12BrNOS. The number of rotatable bonds is 3. The van der Waals surface area contributed by atoms with Crippen molar-refractivity contribution in [3.8, 4) is 0 Å². The van der Waals surface area contributed by atoms with E-state index >= 15 is 0 Å². The van der Waals surface area contributed by atoms with E-state index in [-0.39, 0.29) is 0 Å². The lowest BCUT2D eigenvalue weighted by Gasteiger charge is -2.10. The summed E-state index contributed by atoms with van der Waals surface area (Å²) in [5.41, 5.74) is 7.21. The van der Waals surface area contributed by atoms with Crippen LogP contribution in [-0.2, 0) is 6.42 Å². The zero-order valence-electron chi connectivity index (χ0n) is 8.56. The maximum absolute atomic E-state index is 10.1. The molecule has 0 aliphatic heterocycles. The van der Waals surface area contributed by atoms with E-state index < -0.39 is 6.10 Å². The SMILES string of the molecule is Nc1ccc(C(O)Cc2sccc2Br)cc1. The average molecular weight is 298 g/mol. The van der Waals surface area contributed by atoms with Gasteiger partial charge in [0.2, 0.25) is 0 Å². The maximum Gasteiger partial charge on any atom is 0.0838 e. The molecule has 0 aliphatic rings. The summed E-state index contributed by atoms with van der Waals surface area (Å²) in [4.78, 5) is 1.16. The van der Waals surface area contributed by atoms with Crippen molar-refractivity contribution in [3.63, 3.8) is 0 Å². The van der Waals surface area contributed by atoms with E-state index in [1.54, 1.807) is 11.3 Å². The zero-order chi connectivity index (χ0) is 11.5. The van der Waals surface area contributed by atoms with Crippen LogP contribution in [0.2, 0.25) is 0 Å². The smallest absolute Gasteiger partial charge is 0.0838 e. The van der Waals surface area contributed by atoms with Gasteiger partial charge >= 0.3 is 0 Å². The quantitative estimate of drug-likeness (QED) is 0.853. The summed E-state index contributed by atoms with van der Waals surface area (Å²) in [5.74, 6) is 0. The molecule has 1 aromatic heterocycles. The summed E-state index contributed by atoms with van der Waals surface area (Å²) < 4.78 is 1.06. The standard InChI is InChI=1S/C12H12BrNOS/c13-10-5-6-16-12(10)7-11(15)8-1-3-9(14)4-2-8/h1-6,11,15H,7,14H2. The molecule has 0 radical (unpaired) electrons. The number of aliphatic hydroxyl groups excluding tert-OH is 1. The van der Waals surface area contributed by atoms with Gasteiger partial charge in [0, 0.05) is 21.5 Å². The van der Waals surface area contributed by atoms with E-state index in [9.17, 15) is 5.11 Å². The van der Waals surface area contributed by atoms with Crippen LogP contribution in [-0.4, -0.2) is 5.11 Å². The highest BCUT2D eigenvalue weighted by Gasteiger charge is 2.11. The summed E-state index contributed by atoms with van der Waals surface area (Å²) in [5, 5.41) is 12.1. The third-order valence-corrected chi connectivity index (χ3v) is 4.34. The largest absolute Gasteiger partial charge is 0.399 e. The number of anilines is 1. The molecule has 0 spiro atoms. The lowest BCUT2D eigenvalue weighted by atomic mass is 10.1. The molecule has 4 heteroatoms. The molecule has 84 valence electrons. The fraction of sp³-hybridized carbons (Fsp3) is 0.167. The van der Waals surface area contributed by atoms with Gasteiger partial charge in [-0.2, -0.15) is 0 Å². The third-order valence-electron chi connectivity index (χ3n) is 2.39. The highest BCUT2D eigenvalue weighted by atomic mass is 79.9. The van der Waals surface area contributed by atoms with Gasteiger partial charge in [0.1, 0.15) is 0 Å². The number of hydrogen-bond acceptors (Lipinski definition) is 3. The van der Waals surface area contributed by atoms with Crippen molar-refractivity contribution in [1.82, 2.24) is 0 Å². The summed E-state index contributed by atoms with van der Waals surface area (Å²) in [6.45, 7) is 0. The second kappa shape index (κ2) is 4.99. The van der Waals surface area contributed by atoms with Crippen molar-refractivity contribution in [3.05, 3.63) is 50.6 Å². The normalized spacial score (nSPS) is 12.6. The third kappa shape index (κ3) is 2.64. The van der Waals surface area contributed by atoms with Gasteiger partial charge in [-0.3, -0.25) is 0 Å². The molecular weight excluding hydrogens is 286 g/mol. The Morgan fingerprint density at radius 3 is 2.50 bits per heavy atom. The summed E-state index contributed by atoms with van der Waals surface area (Å²) in [6.07, 6.45) is 0.151. The molecule has 0 saturated heterocycles. The van der Waals surface area contributed by atoms with E-state index in [0.29, 0.717) is 12.1 Å². The molecule has 16 heavy (non-hydrogen) atoms. The van der Waals surface area contributed by atoms with Gasteiger partial charge in [0.15, 0.2) is 0 Å². The van der Waals surface area contributed by atoms with Crippen molar-refractivity contribution >= 4 is 33.0 Å². The van der Waals surface area contributed by atoms with Gasteiger partial charge in [0.25, 0.3) is 0 Å². The van der Waals surface area contributed by atoms with Gasteiger partial charge in [-0.05, 0) is 45.1 Å². The minimum atomic E-state index is -0.476. The molecule has 1 aromatic carbocycles. The number of thiophene rings is 1. The summed E-state index contributed by atoms with van der Waals surface area (Å²) in [6, 6.07) is 9.34. The van der Waals surface area contributed by atoms with E-state index in [2.05, 4.69) is 15.9 Å². The zero-order valence-corrected chi connectivity index (χ0v) is 11.0. The van der Waals surface area contributed by atoms with Crippen LogP contribution in [0, 0.1) is 0 Å². The monoisotopic (exact) mass is 297 g/mol. The molecule has 0 fully saturated rings. The first-order valence-corrected chi connectivity index (χ1v) is 6.59. The number of nitrogens with two attached hydrogens (primary N) is 1. The Kier molecular flexibility index (Phi) is 3.63. The summed E-state index contributed by atoms with van der Waals surface area (Å²) >= 11 is 5.10. The van der Waals surface area contributed by atoms with Gasteiger partial charge < -0.3 is 10.8 Å². The van der Waals surface area contributed by atoms with Crippen molar-refractivity contribution in [2.75, 3.05) is 5.73 Å². The van der Waals surface area contributed by atoms with Crippen LogP contribution in [0.25, 0.3) is 0 Å². The number of benzene rings is 1. The molecule has 2 nitrogen and oxygen atoms in total. The predicted octanol–water partition coefficient (Wildman–Crippen LogP) is 3.37. The molecule has 2 aromatic rings. The number of aliphatic hydroxyl groups is 1. The fourth-order valence-corrected chi connectivity index (χ4v) is 3.03. The van der Waals surface area contributed by atoms with Crippen molar-refractivity contribution < 1.29 is 5.11 Å². The topological polar surface area (TPSA) is 46.2 Å². The maximum atomic E-state index is 10.1.